The summed E-state index contributed by atoms with van der Waals surface area (Å²) in [6.45, 7) is 5.74. The Morgan fingerprint density at radius 1 is 0.882 bits per heavy atom. The van der Waals surface area contributed by atoms with Crippen LogP contribution in [-0.4, -0.2) is 32.5 Å². The fourth-order valence-corrected chi connectivity index (χ4v) is 5.09. The predicted molar refractivity (Wildman–Crippen MR) is 129 cm³/mol. The maximum atomic E-state index is 13.9. The van der Waals surface area contributed by atoms with Crippen molar-refractivity contribution in [1.82, 2.24) is 14.7 Å². The summed E-state index contributed by atoms with van der Waals surface area (Å²) in [5.41, 5.74) is 3.65. The number of aryl methyl sites for hydroxylation is 3. The number of carbonyl (C=O) groups is 2. The number of aromatic nitrogens is 3. The summed E-state index contributed by atoms with van der Waals surface area (Å²) in [6.07, 6.45) is 8.36. The second-order valence-corrected chi connectivity index (χ2v) is 9.30. The Balaban J connectivity index is 1.72. The van der Waals surface area contributed by atoms with Gasteiger partial charge in [-0.2, -0.15) is 4.57 Å². The van der Waals surface area contributed by atoms with Gasteiger partial charge >= 0.3 is 5.91 Å². The standard InChI is InChI=1S/C27H28N4O3/c1-17-14-15-29(16-18(17)2)24-23(25(32)30(27(24)34)20-10-6-4-7-11-20)22-19(3)28-31(26(22)33)21-12-8-5-9-13-21/h5,8-9,12-16,20H,4,6-7,10-11H2,1-3H3/p+1. The van der Waals surface area contributed by atoms with Crippen molar-refractivity contribution < 1.29 is 14.2 Å². The molecule has 7 heteroatoms. The van der Waals surface area contributed by atoms with Crippen molar-refractivity contribution in [2.24, 2.45) is 0 Å². The monoisotopic (exact) mass is 457 g/mol. The number of imide groups is 1. The highest BCUT2D eigenvalue weighted by molar-refractivity contribution is 6.44. The summed E-state index contributed by atoms with van der Waals surface area (Å²) in [7, 11) is 0. The molecule has 2 aromatic heterocycles. The number of H-pyrrole nitrogens is 1. The highest BCUT2D eigenvalue weighted by Crippen LogP contribution is 2.34. The molecule has 5 rings (SSSR count). The molecule has 0 radical (unpaired) electrons. The van der Waals surface area contributed by atoms with Crippen molar-refractivity contribution in [3.63, 3.8) is 0 Å². The summed E-state index contributed by atoms with van der Waals surface area (Å²) < 4.78 is 3.14. The lowest BCUT2D eigenvalue weighted by Crippen LogP contribution is -2.45. The minimum Gasteiger partial charge on any atom is -0.295 e. The van der Waals surface area contributed by atoms with E-state index in [-0.39, 0.29) is 40.2 Å². The Morgan fingerprint density at radius 3 is 2.26 bits per heavy atom. The van der Waals surface area contributed by atoms with Gasteiger partial charge in [0.05, 0.1) is 11.3 Å². The van der Waals surface area contributed by atoms with Crippen LogP contribution >= 0.6 is 0 Å². The number of aromatic amines is 1. The van der Waals surface area contributed by atoms with E-state index in [1.807, 2.05) is 56.4 Å². The van der Waals surface area contributed by atoms with Crippen LogP contribution in [0.1, 0.15) is 54.5 Å². The molecule has 0 unspecified atom stereocenters. The minimum absolute atomic E-state index is 0.135. The second kappa shape index (κ2) is 8.56. The first-order chi connectivity index (χ1) is 16.4. The van der Waals surface area contributed by atoms with Gasteiger partial charge in [-0.15, -0.1) is 0 Å². The van der Waals surface area contributed by atoms with Crippen molar-refractivity contribution in [3.05, 3.63) is 81.5 Å². The Morgan fingerprint density at radius 2 is 1.59 bits per heavy atom. The largest absolute Gasteiger partial charge is 0.327 e. The average molecular weight is 458 g/mol. The number of nitrogens with zero attached hydrogens (tertiary/aromatic N) is 3. The van der Waals surface area contributed by atoms with E-state index in [0.29, 0.717) is 11.4 Å². The molecule has 3 heterocycles. The Labute approximate surface area is 198 Å². The van der Waals surface area contributed by atoms with Gasteiger partial charge in [-0.25, -0.2) is 4.68 Å². The zero-order valence-electron chi connectivity index (χ0n) is 19.8. The Bertz CT molecular complexity index is 1370. The van der Waals surface area contributed by atoms with Crippen LogP contribution in [0, 0.1) is 20.8 Å². The van der Waals surface area contributed by atoms with Gasteiger partial charge in [-0.3, -0.25) is 24.4 Å². The average Bonchev–Trinajstić information content (AvgIpc) is 3.27. The van der Waals surface area contributed by atoms with Crippen LogP contribution in [0.5, 0.6) is 0 Å². The topological polar surface area (TPSA) is 79.1 Å². The van der Waals surface area contributed by atoms with Gasteiger partial charge in [0.15, 0.2) is 12.4 Å². The number of nitrogens with one attached hydrogen (secondary N) is 1. The van der Waals surface area contributed by atoms with Crippen molar-refractivity contribution in [1.29, 1.82) is 0 Å². The van der Waals surface area contributed by atoms with E-state index in [0.717, 1.165) is 43.2 Å². The summed E-state index contributed by atoms with van der Waals surface area (Å²) in [4.78, 5) is 42.7. The molecule has 7 nitrogen and oxygen atoms in total. The van der Waals surface area contributed by atoms with Gasteiger partial charge in [-0.05, 0) is 51.3 Å². The van der Waals surface area contributed by atoms with Gasteiger partial charge in [0.2, 0.25) is 0 Å². The molecule has 0 bridgehead atoms. The van der Waals surface area contributed by atoms with Gasteiger partial charge < -0.3 is 0 Å². The molecular formula is C27H29N4O3+. The van der Waals surface area contributed by atoms with Crippen LogP contribution in [0.25, 0.3) is 17.0 Å². The molecule has 0 spiro atoms. The van der Waals surface area contributed by atoms with E-state index in [4.69, 9.17) is 0 Å². The summed E-state index contributed by atoms with van der Waals surface area (Å²) in [5.74, 6) is -0.705. The number of carbonyl (C=O) groups excluding carboxylic acids is 2. The highest BCUT2D eigenvalue weighted by Gasteiger charge is 2.49. The normalized spacial score (nSPS) is 17.2. The molecule has 1 fully saturated rings. The van der Waals surface area contributed by atoms with Crippen LogP contribution in [0.4, 0.5) is 0 Å². The summed E-state index contributed by atoms with van der Waals surface area (Å²) in [6, 6.07) is 11.0. The number of hydrogen-bond acceptors (Lipinski definition) is 3. The van der Waals surface area contributed by atoms with Crippen molar-refractivity contribution >= 4 is 23.1 Å². The zero-order valence-corrected chi connectivity index (χ0v) is 19.8. The van der Waals surface area contributed by atoms with Crippen LogP contribution in [-0.2, 0) is 9.59 Å². The maximum absolute atomic E-state index is 13.9. The first kappa shape index (κ1) is 22.1. The fourth-order valence-electron chi connectivity index (χ4n) is 5.09. The number of benzene rings is 1. The number of amides is 2. The second-order valence-electron chi connectivity index (χ2n) is 9.30. The predicted octanol–water partition coefficient (Wildman–Crippen LogP) is 3.45. The van der Waals surface area contributed by atoms with Crippen LogP contribution in [0.2, 0.25) is 0 Å². The molecule has 2 aliphatic rings. The first-order valence-corrected chi connectivity index (χ1v) is 11.9. The van der Waals surface area contributed by atoms with Crippen molar-refractivity contribution in [2.75, 3.05) is 0 Å². The van der Waals surface area contributed by atoms with Gasteiger partial charge in [-0.1, -0.05) is 37.5 Å². The van der Waals surface area contributed by atoms with Gasteiger partial charge in [0, 0.05) is 23.4 Å². The lowest BCUT2D eigenvalue weighted by atomic mass is 9.94. The third-order valence-corrected chi connectivity index (χ3v) is 7.06. The number of pyridine rings is 1. The van der Waals surface area contributed by atoms with Crippen molar-refractivity contribution in [3.8, 4) is 5.69 Å². The molecular weight excluding hydrogens is 428 g/mol. The minimum atomic E-state index is -0.378. The molecule has 3 aromatic rings. The molecule has 0 saturated heterocycles. The van der Waals surface area contributed by atoms with Crippen LogP contribution in [0.15, 0.2) is 53.6 Å². The third kappa shape index (κ3) is 3.52. The van der Waals surface area contributed by atoms with E-state index in [1.165, 1.54) is 9.58 Å². The molecule has 1 aliphatic heterocycles. The van der Waals surface area contributed by atoms with Gasteiger partial charge in [0.25, 0.3) is 17.2 Å². The lowest BCUT2D eigenvalue weighted by Gasteiger charge is -2.29. The molecule has 1 saturated carbocycles. The Kier molecular flexibility index (Phi) is 5.55. The van der Waals surface area contributed by atoms with E-state index in [1.54, 1.807) is 17.7 Å². The zero-order chi connectivity index (χ0) is 24.0. The molecule has 0 atom stereocenters. The van der Waals surface area contributed by atoms with Crippen LogP contribution in [0.3, 0.4) is 0 Å². The van der Waals surface area contributed by atoms with E-state index in [9.17, 15) is 14.4 Å². The van der Waals surface area contributed by atoms with Crippen LogP contribution < -0.4 is 10.1 Å². The molecule has 1 aromatic carbocycles. The SMILES string of the molecule is Cc1cc[n+](C2=C(c3c(C)[nH]n(-c4ccccc4)c3=O)C(=O)N(C3CCCCC3)C2=O)cc1C. The van der Waals surface area contributed by atoms with E-state index >= 15 is 0 Å². The first-order valence-electron chi connectivity index (χ1n) is 11.9. The smallest absolute Gasteiger partial charge is 0.295 e. The highest BCUT2D eigenvalue weighted by atomic mass is 16.2. The fraction of sp³-hybridized carbons (Fsp3) is 0.333. The maximum Gasteiger partial charge on any atom is 0.327 e. The van der Waals surface area contributed by atoms with Crippen molar-refractivity contribution in [2.45, 2.75) is 58.9 Å². The van der Waals surface area contributed by atoms with Gasteiger partial charge in [0.1, 0.15) is 5.57 Å². The number of rotatable bonds is 4. The van der Waals surface area contributed by atoms with E-state index in [2.05, 4.69) is 5.10 Å². The summed E-state index contributed by atoms with van der Waals surface area (Å²) >= 11 is 0. The number of hydrogen-bond donors (Lipinski definition) is 1. The quantitative estimate of drug-likeness (QED) is 0.481. The van der Waals surface area contributed by atoms with E-state index < -0.39 is 0 Å². The summed E-state index contributed by atoms with van der Waals surface area (Å²) in [5, 5.41) is 3.11. The molecule has 174 valence electrons. The Hall–Kier alpha value is -3.74. The number of para-hydroxylation sites is 1. The molecule has 1 aliphatic carbocycles. The molecule has 2 amide bonds. The molecule has 1 N–H and O–H groups in total. The molecule has 34 heavy (non-hydrogen) atoms. The third-order valence-electron chi connectivity index (χ3n) is 7.06. The lowest BCUT2D eigenvalue weighted by molar-refractivity contribution is -0.577.